The lowest BCUT2D eigenvalue weighted by Gasteiger charge is -2.10. The second-order valence-corrected chi connectivity index (χ2v) is 4.99. The highest BCUT2D eigenvalue weighted by Crippen LogP contribution is 2.28. The zero-order valence-corrected chi connectivity index (χ0v) is 12.2. The number of hydrogen-bond donors (Lipinski definition) is 2. The fourth-order valence-electron chi connectivity index (χ4n) is 1.73. The van der Waals surface area contributed by atoms with Crippen molar-refractivity contribution in [2.45, 2.75) is 20.3 Å². The minimum Gasteiger partial charge on any atom is -0.477 e. The van der Waals surface area contributed by atoms with Crippen molar-refractivity contribution in [3.63, 3.8) is 0 Å². The highest BCUT2D eigenvalue weighted by molar-refractivity contribution is 5.95. The molecule has 1 aromatic carbocycles. The molecule has 0 bridgehead atoms. The number of para-hydroxylation sites is 1. The predicted octanol–water partition coefficient (Wildman–Crippen LogP) is 2.77. The number of carboxylic acid groups (broad SMARTS) is 1. The van der Waals surface area contributed by atoms with Crippen LogP contribution < -0.4 is 5.32 Å². The van der Waals surface area contributed by atoms with E-state index < -0.39 is 16.6 Å². The Hall–Kier alpha value is -2.15. The van der Waals surface area contributed by atoms with E-state index >= 15 is 0 Å². The van der Waals surface area contributed by atoms with Crippen molar-refractivity contribution in [1.29, 1.82) is 0 Å². The Morgan fingerprint density at radius 3 is 2.71 bits per heavy atom. The molecular formula is C14H20N2O5. The number of nitrogens with one attached hydrogen (secondary N) is 1. The molecule has 0 aliphatic carbocycles. The number of carboxylic acids is 1. The number of carbonyl (C=O) groups is 1. The third-order valence-corrected chi connectivity index (χ3v) is 2.85. The van der Waals surface area contributed by atoms with Crippen LogP contribution in [0, 0.1) is 16.0 Å². The largest absolute Gasteiger partial charge is 0.477 e. The quantitative estimate of drug-likeness (QED) is 0.413. The zero-order chi connectivity index (χ0) is 15.8. The molecule has 0 atom stereocenters. The number of hydrogen-bond acceptors (Lipinski definition) is 5. The lowest BCUT2D eigenvalue weighted by Crippen LogP contribution is -2.13. The number of ether oxygens (including phenoxy) is 1. The first-order valence-electron chi connectivity index (χ1n) is 6.75. The Labute approximate surface area is 123 Å². The van der Waals surface area contributed by atoms with Crippen LogP contribution in [0.5, 0.6) is 0 Å². The second kappa shape index (κ2) is 8.21. The van der Waals surface area contributed by atoms with Gasteiger partial charge in [0, 0.05) is 13.2 Å². The molecule has 1 rings (SSSR count). The molecule has 0 heterocycles. The highest BCUT2D eigenvalue weighted by atomic mass is 16.6. The van der Waals surface area contributed by atoms with Gasteiger partial charge in [-0.3, -0.25) is 10.1 Å². The summed E-state index contributed by atoms with van der Waals surface area (Å²) in [5, 5.41) is 22.9. The standard InChI is InChI=1S/C14H20N2O5/c1-10(2)6-8-21-9-7-15-12-5-3-4-11(14(17)18)13(12)16(19)20/h3-5,10,15H,6-9H2,1-2H3,(H,17,18). The Bertz CT molecular complexity index is 502. The van der Waals surface area contributed by atoms with Crippen LogP contribution in [0.4, 0.5) is 11.4 Å². The predicted molar refractivity (Wildman–Crippen MR) is 78.8 cm³/mol. The molecule has 0 aliphatic rings. The molecule has 0 aliphatic heterocycles. The summed E-state index contributed by atoms with van der Waals surface area (Å²) in [5.41, 5.74) is -0.565. The summed E-state index contributed by atoms with van der Waals surface area (Å²) in [6.45, 7) is 5.62. The molecule has 0 spiro atoms. The summed E-state index contributed by atoms with van der Waals surface area (Å²) in [6, 6.07) is 4.17. The summed E-state index contributed by atoms with van der Waals surface area (Å²) in [5.74, 6) is -0.759. The molecule has 2 N–H and O–H groups in total. The smallest absolute Gasteiger partial charge is 0.342 e. The molecule has 0 aromatic heterocycles. The van der Waals surface area contributed by atoms with Crippen LogP contribution in [0.15, 0.2) is 18.2 Å². The summed E-state index contributed by atoms with van der Waals surface area (Å²) in [6.07, 6.45) is 0.953. The summed E-state index contributed by atoms with van der Waals surface area (Å²) < 4.78 is 5.40. The van der Waals surface area contributed by atoms with Crippen LogP contribution in [0.25, 0.3) is 0 Å². The van der Waals surface area contributed by atoms with Crippen molar-refractivity contribution >= 4 is 17.3 Å². The van der Waals surface area contributed by atoms with Gasteiger partial charge in [0.2, 0.25) is 0 Å². The van der Waals surface area contributed by atoms with E-state index in [0.717, 1.165) is 6.42 Å². The van der Waals surface area contributed by atoms with Crippen molar-refractivity contribution < 1.29 is 19.6 Å². The SMILES string of the molecule is CC(C)CCOCCNc1cccc(C(=O)O)c1[N+](=O)[O-]. The normalized spacial score (nSPS) is 10.6. The fraction of sp³-hybridized carbons (Fsp3) is 0.500. The average Bonchev–Trinajstić information content (AvgIpc) is 2.41. The van der Waals surface area contributed by atoms with Gasteiger partial charge in [-0.05, 0) is 24.5 Å². The number of benzene rings is 1. The minimum absolute atomic E-state index is 0.187. The van der Waals surface area contributed by atoms with Crippen molar-refractivity contribution in [3.8, 4) is 0 Å². The molecule has 116 valence electrons. The first kappa shape index (κ1) is 16.9. The topological polar surface area (TPSA) is 102 Å². The van der Waals surface area contributed by atoms with E-state index in [1.807, 2.05) is 0 Å². The van der Waals surface area contributed by atoms with E-state index in [1.165, 1.54) is 18.2 Å². The van der Waals surface area contributed by atoms with Crippen LogP contribution in [0.1, 0.15) is 30.6 Å². The summed E-state index contributed by atoms with van der Waals surface area (Å²) in [4.78, 5) is 21.3. The molecule has 7 nitrogen and oxygen atoms in total. The third-order valence-electron chi connectivity index (χ3n) is 2.85. The molecular weight excluding hydrogens is 276 g/mol. The number of nitro benzene ring substituents is 1. The summed E-state index contributed by atoms with van der Waals surface area (Å²) >= 11 is 0. The zero-order valence-electron chi connectivity index (χ0n) is 12.2. The van der Waals surface area contributed by atoms with Crippen LogP contribution >= 0.6 is 0 Å². The Balaban J connectivity index is 2.61. The third kappa shape index (κ3) is 5.39. The Kier molecular flexibility index (Phi) is 6.61. The average molecular weight is 296 g/mol. The van der Waals surface area contributed by atoms with Gasteiger partial charge in [-0.1, -0.05) is 19.9 Å². The van der Waals surface area contributed by atoms with Gasteiger partial charge in [0.15, 0.2) is 0 Å². The van der Waals surface area contributed by atoms with Crippen molar-refractivity contribution in [1.82, 2.24) is 0 Å². The van der Waals surface area contributed by atoms with E-state index in [-0.39, 0.29) is 11.3 Å². The maximum Gasteiger partial charge on any atom is 0.342 e. The molecule has 21 heavy (non-hydrogen) atoms. The molecule has 0 fully saturated rings. The van der Waals surface area contributed by atoms with Crippen molar-refractivity contribution in [2.75, 3.05) is 25.1 Å². The van der Waals surface area contributed by atoms with Crippen LogP contribution in [0.2, 0.25) is 0 Å². The van der Waals surface area contributed by atoms with E-state index in [9.17, 15) is 14.9 Å². The van der Waals surface area contributed by atoms with Gasteiger partial charge in [-0.2, -0.15) is 0 Å². The first-order chi connectivity index (χ1) is 9.93. The highest BCUT2D eigenvalue weighted by Gasteiger charge is 2.23. The van der Waals surface area contributed by atoms with Crippen LogP contribution in [-0.4, -0.2) is 35.8 Å². The molecule has 0 saturated heterocycles. The van der Waals surface area contributed by atoms with Crippen molar-refractivity contribution in [2.24, 2.45) is 5.92 Å². The number of anilines is 1. The van der Waals surface area contributed by atoms with E-state index in [4.69, 9.17) is 9.84 Å². The number of aromatic carboxylic acids is 1. The number of nitrogens with zero attached hydrogens (tertiary/aromatic N) is 1. The maximum atomic E-state index is 11.0. The van der Waals surface area contributed by atoms with E-state index in [0.29, 0.717) is 25.7 Å². The maximum absolute atomic E-state index is 11.0. The van der Waals surface area contributed by atoms with E-state index in [2.05, 4.69) is 19.2 Å². The Morgan fingerprint density at radius 2 is 2.14 bits per heavy atom. The molecule has 0 radical (unpaired) electrons. The second-order valence-electron chi connectivity index (χ2n) is 4.99. The van der Waals surface area contributed by atoms with Gasteiger partial charge in [0.1, 0.15) is 11.3 Å². The lowest BCUT2D eigenvalue weighted by molar-refractivity contribution is -0.384. The van der Waals surface area contributed by atoms with Crippen LogP contribution in [-0.2, 0) is 4.74 Å². The van der Waals surface area contributed by atoms with Crippen molar-refractivity contribution in [3.05, 3.63) is 33.9 Å². The lowest BCUT2D eigenvalue weighted by atomic mass is 10.1. The van der Waals surface area contributed by atoms with Gasteiger partial charge in [-0.15, -0.1) is 0 Å². The number of rotatable bonds is 9. The molecule has 0 saturated carbocycles. The molecule has 0 amide bonds. The summed E-state index contributed by atoms with van der Waals surface area (Å²) in [7, 11) is 0. The first-order valence-corrected chi connectivity index (χ1v) is 6.75. The number of nitro groups is 1. The van der Waals surface area contributed by atoms with E-state index in [1.54, 1.807) is 0 Å². The van der Waals surface area contributed by atoms with Gasteiger partial charge >= 0.3 is 11.7 Å². The Morgan fingerprint density at radius 1 is 1.43 bits per heavy atom. The van der Waals surface area contributed by atoms with Gasteiger partial charge in [-0.25, -0.2) is 4.79 Å². The van der Waals surface area contributed by atoms with Gasteiger partial charge in [0.25, 0.3) is 0 Å². The molecule has 1 aromatic rings. The monoisotopic (exact) mass is 296 g/mol. The minimum atomic E-state index is -1.32. The molecule has 0 unspecified atom stereocenters. The van der Waals surface area contributed by atoms with Gasteiger partial charge < -0.3 is 15.2 Å². The molecule has 7 heteroatoms. The van der Waals surface area contributed by atoms with Gasteiger partial charge in [0.05, 0.1) is 11.5 Å². The van der Waals surface area contributed by atoms with Crippen LogP contribution in [0.3, 0.4) is 0 Å². The fourth-order valence-corrected chi connectivity index (χ4v) is 1.73.